The lowest BCUT2D eigenvalue weighted by atomic mass is 10.3. The van der Waals surface area contributed by atoms with Crippen LogP contribution < -0.4 is 0 Å². The van der Waals surface area contributed by atoms with Crippen molar-refractivity contribution >= 4 is 28.7 Å². The van der Waals surface area contributed by atoms with Crippen molar-refractivity contribution in [2.45, 2.75) is 11.4 Å². The Labute approximate surface area is 74.4 Å². The second-order valence-electron chi connectivity index (χ2n) is 2.04. The Kier molecular flexibility index (Phi) is 3.51. The molecule has 0 rings (SSSR count). The summed E-state index contributed by atoms with van der Waals surface area (Å²) in [4.78, 5) is 7.09. The first-order valence-corrected chi connectivity index (χ1v) is 4.86. The van der Waals surface area contributed by atoms with E-state index in [1.807, 2.05) is 0 Å². The highest BCUT2D eigenvalue weighted by molar-refractivity contribution is 7.88. The van der Waals surface area contributed by atoms with Crippen molar-refractivity contribution < 1.29 is 28.0 Å². The molecule has 6 nitrogen and oxygen atoms in total. The number of carboxylic acids is 1. The molecule has 0 heterocycles. The minimum absolute atomic E-state index is 0.178. The molecule has 0 saturated carbocycles. The fourth-order valence-electron chi connectivity index (χ4n) is 0.498. The fraction of sp³-hybridized carbons (Fsp3) is 0.750. The van der Waals surface area contributed by atoms with Gasteiger partial charge in [0.15, 0.2) is 0 Å². The highest BCUT2D eigenvalue weighted by atomic mass is 32.2. The number of carboxylic acid groups (broad SMARTS) is 1. The SMILES string of the molecule is O=C(O)C(O)(CCS)S(=O)(=O)O. The third-order valence-electron chi connectivity index (χ3n) is 1.21. The predicted octanol–water partition coefficient (Wildman–Crippen LogP) is -1.03. The molecular weight excluding hydrogens is 208 g/mol. The molecule has 8 heteroatoms. The molecule has 0 saturated heterocycles. The Morgan fingerprint density at radius 3 is 2.00 bits per heavy atom. The molecule has 1 atom stereocenters. The van der Waals surface area contributed by atoms with Gasteiger partial charge in [-0.15, -0.1) is 0 Å². The maximum Gasteiger partial charge on any atom is 0.354 e. The highest BCUT2D eigenvalue weighted by Gasteiger charge is 2.48. The predicted molar refractivity (Wildman–Crippen MR) is 42.6 cm³/mol. The number of aliphatic hydroxyl groups is 1. The smallest absolute Gasteiger partial charge is 0.354 e. The summed E-state index contributed by atoms with van der Waals surface area (Å²) >= 11 is 3.54. The van der Waals surface area contributed by atoms with Crippen molar-refractivity contribution in [3.8, 4) is 0 Å². The molecule has 12 heavy (non-hydrogen) atoms. The number of thiol groups is 1. The lowest BCUT2D eigenvalue weighted by molar-refractivity contribution is -0.150. The Bertz CT molecular complexity index is 269. The Hall–Kier alpha value is -0.310. The third-order valence-corrected chi connectivity index (χ3v) is 2.67. The molecule has 0 spiro atoms. The van der Waals surface area contributed by atoms with Gasteiger partial charge in [-0.3, -0.25) is 4.55 Å². The van der Waals surface area contributed by atoms with Crippen molar-refractivity contribution in [1.82, 2.24) is 0 Å². The van der Waals surface area contributed by atoms with Gasteiger partial charge in [0, 0.05) is 6.42 Å². The van der Waals surface area contributed by atoms with E-state index in [0.29, 0.717) is 0 Å². The molecule has 0 aromatic rings. The average Bonchev–Trinajstić information content (AvgIpc) is 1.85. The molecule has 72 valence electrons. The van der Waals surface area contributed by atoms with Gasteiger partial charge >= 0.3 is 16.1 Å². The van der Waals surface area contributed by atoms with Crippen LogP contribution in [0.3, 0.4) is 0 Å². The first kappa shape index (κ1) is 11.7. The molecule has 0 aliphatic carbocycles. The van der Waals surface area contributed by atoms with E-state index in [-0.39, 0.29) is 5.75 Å². The first-order valence-electron chi connectivity index (χ1n) is 2.79. The number of hydrogen-bond acceptors (Lipinski definition) is 5. The van der Waals surface area contributed by atoms with Gasteiger partial charge in [0.2, 0.25) is 0 Å². The zero-order chi connectivity index (χ0) is 9.99. The van der Waals surface area contributed by atoms with Crippen LogP contribution in [-0.2, 0) is 14.9 Å². The Morgan fingerprint density at radius 2 is 1.92 bits per heavy atom. The summed E-state index contributed by atoms with van der Waals surface area (Å²) < 4.78 is 29.1. The van der Waals surface area contributed by atoms with Crippen LogP contribution in [0.5, 0.6) is 0 Å². The molecule has 0 bridgehead atoms. The summed E-state index contributed by atoms with van der Waals surface area (Å²) in [5.41, 5.74) is 0. The second kappa shape index (κ2) is 3.60. The van der Waals surface area contributed by atoms with E-state index in [9.17, 15) is 13.2 Å². The number of rotatable bonds is 4. The van der Waals surface area contributed by atoms with Crippen LogP contribution in [0.15, 0.2) is 0 Å². The van der Waals surface area contributed by atoms with Crippen molar-refractivity contribution in [2.75, 3.05) is 5.75 Å². The van der Waals surface area contributed by atoms with Crippen LogP contribution in [0.1, 0.15) is 6.42 Å². The van der Waals surface area contributed by atoms with E-state index in [1.165, 1.54) is 0 Å². The van der Waals surface area contributed by atoms with Crippen molar-refractivity contribution in [1.29, 1.82) is 0 Å². The van der Waals surface area contributed by atoms with E-state index >= 15 is 0 Å². The van der Waals surface area contributed by atoms with Gasteiger partial charge in [-0.2, -0.15) is 21.0 Å². The summed E-state index contributed by atoms with van der Waals surface area (Å²) in [6.45, 7) is 0. The maximum atomic E-state index is 10.4. The van der Waals surface area contributed by atoms with Gasteiger partial charge < -0.3 is 10.2 Å². The number of hydrogen-bond donors (Lipinski definition) is 4. The average molecular weight is 216 g/mol. The molecular formula is C4H8O6S2. The van der Waals surface area contributed by atoms with E-state index in [1.54, 1.807) is 0 Å². The van der Waals surface area contributed by atoms with E-state index in [0.717, 1.165) is 0 Å². The molecule has 0 aromatic heterocycles. The van der Waals surface area contributed by atoms with Gasteiger partial charge in [0.1, 0.15) is 0 Å². The van der Waals surface area contributed by atoms with Gasteiger partial charge in [-0.05, 0) is 5.75 Å². The zero-order valence-electron chi connectivity index (χ0n) is 5.84. The van der Waals surface area contributed by atoms with Gasteiger partial charge in [0.25, 0.3) is 4.93 Å². The van der Waals surface area contributed by atoms with Crippen LogP contribution in [-0.4, -0.2) is 39.8 Å². The van der Waals surface area contributed by atoms with Crippen molar-refractivity contribution in [3.63, 3.8) is 0 Å². The molecule has 0 radical (unpaired) electrons. The quantitative estimate of drug-likeness (QED) is 0.353. The van der Waals surface area contributed by atoms with Crippen molar-refractivity contribution in [3.05, 3.63) is 0 Å². The molecule has 0 aliphatic rings. The van der Waals surface area contributed by atoms with Gasteiger partial charge in [-0.25, -0.2) is 4.79 Å². The molecule has 1 unspecified atom stereocenters. The van der Waals surface area contributed by atoms with Gasteiger partial charge in [0.05, 0.1) is 0 Å². The topological polar surface area (TPSA) is 112 Å². The lowest BCUT2D eigenvalue weighted by Crippen LogP contribution is -2.46. The Balaban J connectivity index is 5.02. The molecule has 3 N–H and O–H groups in total. The first-order chi connectivity index (χ1) is 5.25. The van der Waals surface area contributed by atoms with Crippen molar-refractivity contribution in [2.24, 2.45) is 0 Å². The lowest BCUT2D eigenvalue weighted by Gasteiger charge is -2.17. The third kappa shape index (κ3) is 2.09. The van der Waals surface area contributed by atoms with Gasteiger partial charge in [-0.1, -0.05) is 0 Å². The maximum absolute atomic E-state index is 10.4. The van der Waals surface area contributed by atoms with Crippen LogP contribution in [0, 0.1) is 0 Å². The van der Waals surface area contributed by atoms with Crippen LogP contribution in [0.2, 0.25) is 0 Å². The second-order valence-corrected chi connectivity index (χ2v) is 4.11. The summed E-state index contributed by atoms with van der Waals surface area (Å²) in [6, 6.07) is 0. The fourth-order valence-corrected chi connectivity index (χ4v) is 1.55. The minimum atomic E-state index is -5.02. The Morgan fingerprint density at radius 1 is 1.50 bits per heavy atom. The van der Waals surface area contributed by atoms with Crippen LogP contribution in [0.25, 0.3) is 0 Å². The highest BCUT2D eigenvalue weighted by Crippen LogP contribution is 2.18. The van der Waals surface area contributed by atoms with E-state index in [2.05, 4.69) is 12.6 Å². The monoisotopic (exact) mass is 216 g/mol. The molecule has 0 aliphatic heterocycles. The summed E-state index contributed by atoms with van der Waals surface area (Å²) in [6.07, 6.45) is -0.676. The molecule has 0 fully saturated rings. The summed E-state index contributed by atoms with van der Waals surface area (Å²) in [5, 5.41) is 17.2. The zero-order valence-corrected chi connectivity index (χ0v) is 7.55. The van der Waals surface area contributed by atoms with Crippen LogP contribution >= 0.6 is 12.6 Å². The molecule has 0 amide bonds. The normalized spacial score (nSPS) is 16.9. The van der Waals surface area contributed by atoms with Crippen LogP contribution in [0.4, 0.5) is 0 Å². The van der Waals surface area contributed by atoms with E-state index < -0.39 is 27.4 Å². The number of aliphatic carboxylic acids is 1. The standard InChI is InChI=1S/C4H8O6S2/c5-3(6)4(7,1-2-11)12(8,9)10/h7,11H,1-2H2,(H,5,6)(H,8,9,10). The minimum Gasteiger partial charge on any atom is -0.478 e. The summed E-state index contributed by atoms with van der Waals surface area (Å²) in [5.74, 6) is -2.19. The largest absolute Gasteiger partial charge is 0.478 e. The van der Waals surface area contributed by atoms with E-state index in [4.69, 9.17) is 14.8 Å². The number of carbonyl (C=O) groups is 1. The molecule has 0 aromatic carbocycles. The summed E-state index contributed by atoms with van der Waals surface area (Å²) in [7, 11) is -5.02.